The highest BCUT2D eigenvalue weighted by atomic mass is 32.2. The Hall–Kier alpha value is -1.57. The van der Waals surface area contributed by atoms with Gasteiger partial charge in [0.05, 0.1) is 12.3 Å². The summed E-state index contributed by atoms with van der Waals surface area (Å²) in [4.78, 5) is 16.6. The molecule has 24 heavy (non-hydrogen) atoms. The number of nitrogens with zero attached hydrogens (tertiary/aromatic N) is 1. The van der Waals surface area contributed by atoms with Gasteiger partial charge in [-0.2, -0.15) is 11.8 Å². The molecule has 0 bridgehead atoms. The van der Waals surface area contributed by atoms with E-state index in [1.165, 1.54) is 11.3 Å². The number of benzene rings is 1. The maximum atomic E-state index is 12.1. The van der Waals surface area contributed by atoms with Crippen LogP contribution in [0.1, 0.15) is 13.3 Å². The Labute approximate surface area is 150 Å². The quantitative estimate of drug-likeness (QED) is 0.825. The van der Waals surface area contributed by atoms with Crippen LogP contribution in [0.3, 0.4) is 0 Å². The lowest BCUT2D eigenvalue weighted by atomic mass is 10.2. The monoisotopic (exact) mass is 363 g/mol. The number of rotatable bonds is 6. The molecule has 1 unspecified atom stereocenters. The van der Waals surface area contributed by atoms with Crippen molar-refractivity contribution >= 4 is 34.1 Å². The molecule has 1 aromatic heterocycles. The average Bonchev–Trinajstić information content (AvgIpc) is 3.05. The standard InChI is InChI=1S/C17H21N3O2S2/c1-2-22-14-5-3-12(4-6-14)15-11-24-17(19-15)20-16(21)9-13-10-23-8-7-18-13/h3-6,11,13,18H,2,7-10H2,1H3,(H,19,20,21). The van der Waals surface area contributed by atoms with Crippen LogP contribution in [0.25, 0.3) is 11.3 Å². The molecule has 1 aromatic carbocycles. The summed E-state index contributed by atoms with van der Waals surface area (Å²) >= 11 is 3.34. The molecule has 1 fully saturated rings. The van der Waals surface area contributed by atoms with Gasteiger partial charge < -0.3 is 15.4 Å². The topological polar surface area (TPSA) is 63.2 Å². The molecule has 3 rings (SSSR count). The highest BCUT2D eigenvalue weighted by Crippen LogP contribution is 2.26. The SMILES string of the molecule is CCOc1ccc(-c2csc(NC(=O)CC3CSCCN3)n2)cc1. The lowest BCUT2D eigenvalue weighted by Gasteiger charge is -2.22. The zero-order chi connectivity index (χ0) is 16.8. The predicted octanol–water partition coefficient (Wildman–Crippen LogP) is 3.24. The smallest absolute Gasteiger partial charge is 0.227 e. The number of thioether (sulfide) groups is 1. The van der Waals surface area contributed by atoms with E-state index in [4.69, 9.17) is 4.74 Å². The Morgan fingerprint density at radius 3 is 2.96 bits per heavy atom. The first-order valence-corrected chi connectivity index (χ1v) is 10.1. The summed E-state index contributed by atoms with van der Waals surface area (Å²) in [6.07, 6.45) is 0.491. The second kappa shape index (κ2) is 8.50. The number of anilines is 1. The number of hydrogen-bond acceptors (Lipinski definition) is 6. The summed E-state index contributed by atoms with van der Waals surface area (Å²) < 4.78 is 5.44. The third-order valence-electron chi connectivity index (χ3n) is 3.64. The van der Waals surface area contributed by atoms with Crippen molar-refractivity contribution in [2.45, 2.75) is 19.4 Å². The minimum absolute atomic E-state index is 0.0163. The van der Waals surface area contributed by atoms with E-state index >= 15 is 0 Å². The van der Waals surface area contributed by atoms with Crippen LogP contribution < -0.4 is 15.4 Å². The molecule has 0 radical (unpaired) electrons. The van der Waals surface area contributed by atoms with Crippen molar-refractivity contribution < 1.29 is 9.53 Å². The molecule has 2 N–H and O–H groups in total. The van der Waals surface area contributed by atoms with Gasteiger partial charge in [0.25, 0.3) is 0 Å². The van der Waals surface area contributed by atoms with Crippen molar-refractivity contribution in [1.29, 1.82) is 0 Å². The van der Waals surface area contributed by atoms with Crippen LogP contribution in [0.2, 0.25) is 0 Å². The fourth-order valence-electron chi connectivity index (χ4n) is 2.50. The fourth-order valence-corrected chi connectivity index (χ4v) is 4.18. The second-order valence-corrected chi connectivity index (χ2v) is 7.48. The van der Waals surface area contributed by atoms with Gasteiger partial charge in [0.1, 0.15) is 5.75 Å². The molecule has 0 saturated carbocycles. The van der Waals surface area contributed by atoms with Gasteiger partial charge in [-0.05, 0) is 31.2 Å². The van der Waals surface area contributed by atoms with Crippen LogP contribution in [0, 0.1) is 0 Å². The first-order valence-electron chi connectivity index (χ1n) is 8.04. The Bertz CT molecular complexity index is 667. The molecule has 1 aliphatic heterocycles. The van der Waals surface area contributed by atoms with E-state index in [1.807, 2.05) is 48.3 Å². The predicted molar refractivity (Wildman–Crippen MR) is 101 cm³/mol. The number of nitrogens with one attached hydrogen (secondary N) is 2. The van der Waals surface area contributed by atoms with Crippen molar-refractivity contribution in [2.75, 3.05) is 30.0 Å². The maximum absolute atomic E-state index is 12.1. The van der Waals surface area contributed by atoms with Gasteiger partial charge in [-0.3, -0.25) is 4.79 Å². The van der Waals surface area contributed by atoms with Gasteiger partial charge in [-0.15, -0.1) is 11.3 Å². The molecular weight excluding hydrogens is 342 g/mol. The average molecular weight is 364 g/mol. The van der Waals surface area contributed by atoms with Crippen LogP contribution in [0.4, 0.5) is 5.13 Å². The van der Waals surface area contributed by atoms with Gasteiger partial charge in [0.2, 0.25) is 5.91 Å². The highest BCUT2D eigenvalue weighted by molar-refractivity contribution is 7.99. The molecule has 1 saturated heterocycles. The van der Waals surface area contributed by atoms with E-state index in [-0.39, 0.29) is 11.9 Å². The van der Waals surface area contributed by atoms with E-state index in [0.717, 1.165) is 35.1 Å². The van der Waals surface area contributed by atoms with Gasteiger partial charge in [-0.25, -0.2) is 4.98 Å². The Morgan fingerprint density at radius 1 is 1.42 bits per heavy atom. The summed E-state index contributed by atoms with van der Waals surface area (Å²) in [6.45, 7) is 3.59. The number of hydrogen-bond donors (Lipinski definition) is 2. The van der Waals surface area contributed by atoms with E-state index < -0.39 is 0 Å². The first-order chi connectivity index (χ1) is 11.7. The normalized spacial score (nSPS) is 17.5. The lowest BCUT2D eigenvalue weighted by Crippen LogP contribution is -2.39. The number of amides is 1. The van der Waals surface area contributed by atoms with Crippen LogP contribution >= 0.6 is 23.1 Å². The number of aromatic nitrogens is 1. The number of ether oxygens (including phenoxy) is 1. The summed E-state index contributed by atoms with van der Waals surface area (Å²) in [6, 6.07) is 8.09. The van der Waals surface area contributed by atoms with E-state index in [2.05, 4.69) is 15.6 Å². The third kappa shape index (κ3) is 4.72. The van der Waals surface area contributed by atoms with E-state index in [9.17, 15) is 4.79 Å². The molecule has 5 nitrogen and oxygen atoms in total. The molecule has 0 aliphatic carbocycles. The molecule has 2 aromatic rings. The van der Waals surface area contributed by atoms with Gasteiger partial charge in [0, 0.05) is 41.5 Å². The van der Waals surface area contributed by atoms with Crippen molar-refractivity contribution in [2.24, 2.45) is 0 Å². The van der Waals surface area contributed by atoms with Crippen molar-refractivity contribution in [3.63, 3.8) is 0 Å². The molecule has 1 atom stereocenters. The summed E-state index contributed by atoms with van der Waals surface area (Å²) in [5, 5.41) is 8.88. The molecule has 0 spiro atoms. The van der Waals surface area contributed by atoms with Crippen LogP contribution in [-0.2, 0) is 4.79 Å². The zero-order valence-electron chi connectivity index (χ0n) is 13.6. The van der Waals surface area contributed by atoms with Gasteiger partial charge >= 0.3 is 0 Å². The largest absolute Gasteiger partial charge is 0.494 e. The first kappa shape index (κ1) is 17.3. The number of carbonyl (C=O) groups is 1. The Kier molecular flexibility index (Phi) is 6.12. The van der Waals surface area contributed by atoms with Gasteiger partial charge in [-0.1, -0.05) is 0 Å². The molecule has 2 heterocycles. The maximum Gasteiger partial charge on any atom is 0.227 e. The minimum Gasteiger partial charge on any atom is -0.494 e. The van der Waals surface area contributed by atoms with Gasteiger partial charge in [0.15, 0.2) is 5.13 Å². The van der Waals surface area contributed by atoms with Crippen LogP contribution in [0.5, 0.6) is 5.75 Å². The van der Waals surface area contributed by atoms with Crippen LogP contribution in [-0.4, -0.2) is 41.6 Å². The summed E-state index contributed by atoms with van der Waals surface area (Å²) in [5.41, 5.74) is 1.88. The third-order valence-corrected chi connectivity index (χ3v) is 5.53. The molecule has 7 heteroatoms. The summed E-state index contributed by atoms with van der Waals surface area (Å²) in [5.74, 6) is 2.98. The van der Waals surface area contributed by atoms with Crippen LogP contribution in [0.15, 0.2) is 29.6 Å². The second-order valence-electron chi connectivity index (χ2n) is 5.47. The van der Waals surface area contributed by atoms with E-state index in [0.29, 0.717) is 18.2 Å². The minimum atomic E-state index is 0.0163. The Morgan fingerprint density at radius 2 is 2.25 bits per heavy atom. The fraction of sp³-hybridized carbons (Fsp3) is 0.412. The molecular formula is C17H21N3O2S2. The summed E-state index contributed by atoms with van der Waals surface area (Å²) in [7, 11) is 0. The highest BCUT2D eigenvalue weighted by Gasteiger charge is 2.17. The number of carbonyl (C=O) groups excluding carboxylic acids is 1. The van der Waals surface area contributed by atoms with E-state index in [1.54, 1.807) is 0 Å². The molecule has 1 amide bonds. The molecule has 1 aliphatic rings. The van der Waals surface area contributed by atoms with Crippen molar-refractivity contribution in [3.05, 3.63) is 29.6 Å². The number of thiazole rings is 1. The Balaban J connectivity index is 1.57. The van der Waals surface area contributed by atoms with Crippen molar-refractivity contribution in [1.82, 2.24) is 10.3 Å². The zero-order valence-corrected chi connectivity index (χ0v) is 15.2. The molecule has 128 valence electrons. The van der Waals surface area contributed by atoms with Crippen molar-refractivity contribution in [3.8, 4) is 17.0 Å². The lowest BCUT2D eigenvalue weighted by molar-refractivity contribution is -0.116.